The third kappa shape index (κ3) is 1.55. The van der Waals surface area contributed by atoms with Gasteiger partial charge in [0.05, 0.1) is 0 Å². The summed E-state index contributed by atoms with van der Waals surface area (Å²) in [6.07, 6.45) is 5.44. The lowest BCUT2D eigenvalue weighted by atomic mass is 10.3. The first kappa shape index (κ1) is 8.74. The van der Waals surface area contributed by atoms with E-state index in [1.165, 1.54) is 24.8 Å². The molecule has 1 saturated heterocycles. The van der Waals surface area contributed by atoms with E-state index in [1.54, 1.807) is 4.88 Å². The van der Waals surface area contributed by atoms with Crippen LogP contribution in [0.25, 0.3) is 0 Å². The van der Waals surface area contributed by atoms with Gasteiger partial charge in [-0.05, 0) is 43.9 Å². The van der Waals surface area contributed by atoms with Crippen molar-refractivity contribution in [3.8, 4) is 5.06 Å². The van der Waals surface area contributed by atoms with Crippen LogP contribution in [0.4, 0.5) is 0 Å². The number of hydrogen-bond acceptors (Lipinski definition) is 3. The van der Waals surface area contributed by atoms with Crippen LogP contribution in [-0.4, -0.2) is 19.2 Å². The Morgan fingerprint density at radius 3 is 3.21 bits per heavy atom. The Labute approximate surface area is 88.3 Å². The molecule has 0 aromatic carbocycles. The smallest absolute Gasteiger partial charge is 0.174 e. The minimum atomic E-state index is 0.411. The van der Waals surface area contributed by atoms with E-state index in [2.05, 4.69) is 11.4 Å². The molecule has 3 heteroatoms. The molecule has 0 amide bonds. The third-order valence-electron chi connectivity index (χ3n) is 3.02. The highest BCUT2D eigenvalue weighted by molar-refractivity contribution is 7.14. The van der Waals surface area contributed by atoms with E-state index in [9.17, 15) is 0 Å². The lowest BCUT2D eigenvalue weighted by molar-refractivity contribution is 0.230. The largest absolute Gasteiger partial charge is 0.479 e. The molecule has 1 N–H and O–H groups in total. The molecule has 1 atom stereocenters. The quantitative estimate of drug-likeness (QED) is 0.804. The summed E-state index contributed by atoms with van der Waals surface area (Å²) in [4.78, 5) is 1.56. The summed E-state index contributed by atoms with van der Waals surface area (Å²) in [6.45, 7) is 2.12. The Morgan fingerprint density at radius 1 is 1.43 bits per heavy atom. The molecular formula is C11H15NOS. The molecule has 2 nitrogen and oxygen atoms in total. The van der Waals surface area contributed by atoms with Crippen LogP contribution in [0.3, 0.4) is 0 Å². The highest BCUT2D eigenvalue weighted by Crippen LogP contribution is 2.36. The molecule has 0 saturated carbocycles. The second kappa shape index (κ2) is 3.55. The molecule has 2 heterocycles. The van der Waals surface area contributed by atoms with Gasteiger partial charge in [0.1, 0.15) is 6.10 Å². The number of rotatable bonds is 2. The summed E-state index contributed by atoms with van der Waals surface area (Å²) in [5, 5.41) is 4.46. The normalized spacial score (nSPS) is 25.3. The Kier molecular flexibility index (Phi) is 2.22. The zero-order chi connectivity index (χ0) is 9.38. The van der Waals surface area contributed by atoms with E-state index in [0.29, 0.717) is 6.10 Å². The van der Waals surface area contributed by atoms with E-state index >= 15 is 0 Å². The predicted octanol–water partition coefficient (Wildman–Crippen LogP) is 1.98. The Morgan fingerprint density at radius 2 is 2.43 bits per heavy atom. The highest BCUT2D eigenvalue weighted by atomic mass is 32.1. The van der Waals surface area contributed by atoms with Crippen molar-refractivity contribution in [3.63, 3.8) is 0 Å². The average Bonchev–Trinajstić information content (AvgIpc) is 2.78. The van der Waals surface area contributed by atoms with Crippen LogP contribution >= 0.6 is 11.3 Å². The molecule has 1 aromatic heterocycles. The van der Waals surface area contributed by atoms with E-state index < -0.39 is 0 Å². The van der Waals surface area contributed by atoms with Crippen LogP contribution in [0.5, 0.6) is 5.06 Å². The van der Waals surface area contributed by atoms with E-state index in [1.807, 2.05) is 11.3 Å². The van der Waals surface area contributed by atoms with Crippen LogP contribution in [0.2, 0.25) is 0 Å². The topological polar surface area (TPSA) is 21.3 Å². The van der Waals surface area contributed by atoms with Crippen LogP contribution < -0.4 is 10.1 Å². The first-order valence-electron chi connectivity index (χ1n) is 5.41. The molecular weight excluding hydrogens is 194 g/mol. The van der Waals surface area contributed by atoms with Crippen molar-refractivity contribution >= 4 is 11.3 Å². The Hall–Kier alpha value is -0.540. The van der Waals surface area contributed by atoms with Gasteiger partial charge in [-0.3, -0.25) is 0 Å². The number of hydrogen-bond donors (Lipinski definition) is 1. The van der Waals surface area contributed by atoms with Crippen LogP contribution in [0.15, 0.2) is 6.07 Å². The van der Waals surface area contributed by atoms with Gasteiger partial charge < -0.3 is 10.1 Å². The lowest BCUT2D eigenvalue weighted by Gasteiger charge is -2.09. The van der Waals surface area contributed by atoms with Crippen molar-refractivity contribution in [2.24, 2.45) is 0 Å². The molecule has 1 fully saturated rings. The first-order valence-corrected chi connectivity index (χ1v) is 6.22. The van der Waals surface area contributed by atoms with E-state index in [0.717, 1.165) is 24.6 Å². The van der Waals surface area contributed by atoms with Gasteiger partial charge in [-0.1, -0.05) is 0 Å². The summed E-state index contributed by atoms with van der Waals surface area (Å²) < 4.78 is 5.93. The predicted molar refractivity (Wildman–Crippen MR) is 58.2 cm³/mol. The lowest BCUT2D eigenvalue weighted by Crippen LogP contribution is -2.18. The van der Waals surface area contributed by atoms with Crippen molar-refractivity contribution in [2.45, 2.75) is 31.8 Å². The van der Waals surface area contributed by atoms with Gasteiger partial charge in [-0.2, -0.15) is 0 Å². The Bertz CT molecular complexity index is 307. The zero-order valence-corrected chi connectivity index (χ0v) is 9.03. The highest BCUT2D eigenvalue weighted by Gasteiger charge is 2.20. The fourth-order valence-corrected chi connectivity index (χ4v) is 3.42. The number of thiophene rings is 1. The molecule has 14 heavy (non-hydrogen) atoms. The minimum absolute atomic E-state index is 0.411. The Balaban J connectivity index is 1.71. The zero-order valence-electron chi connectivity index (χ0n) is 8.21. The summed E-state index contributed by atoms with van der Waals surface area (Å²) in [5.74, 6) is 0. The van der Waals surface area contributed by atoms with Crippen molar-refractivity contribution in [1.82, 2.24) is 5.32 Å². The standard InChI is InChI=1S/C11H15NOS/c1-2-8-6-11(14-10(8)3-1)13-9-4-5-12-7-9/h6,9,12H,1-5,7H2. The first-order chi connectivity index (χ1) is 6.92. The van der Waals surface area contributed by atoms with Gasteiger partial charge >= 0.3 is 0 Å². The van der Waals surface area contributed by atoms with Crippen molar-refractivity contribution in [3.05, 3.63) is 16.5 Å². The van der Waals surface area contributed by atoms with Gasteiger partial charge in [-0.25, -0.2) is 0 Å². The monoisotopic (exact) mass is 209 g/mol. The van der Waals surface area contributed by atoms with Crippen molar-refractivity contribution in [1.29, 1.82) is 0 Å². The maximum atomic E-state index is 5.93. The van der Waals surface area contributed by atoms with Gasteiger partial charge in [0, 0.05) is 11.4 Å². The van der Waals surface area contributed by atoms with Crippen LogP contribution in [0, 0.1) is 0 Å². The maximum absolute atomic E-state index is 5.93. The molecule has 1 aromatic rings. The molecule has 0 radical (unpaired) electrons. The molecule has 1 aliphatic carbocycles. The second-order valence-electron chi connectivity index (χ2n) is 4.10. The van der Waals surface area contributed by atoms with Crippen LogP contribution in [-0.2, 0) is 12.8 Å². The number of nitrogens with one attached hydrogen (secondary N) is 1. The van der Waals surface area contributed by atoms with E-state index in [-0.39, 0.29) is 0 Å². The maximum Gasteiger partial charge on any atom is 0.174 e. The summed E-state index contributed by atoms with van der Waals surface area (Å²) in [5.41, 5.74) is 1.54. The number of aryl methyl sites for hydroxylation is 2. The van der Waals surface area contributed by atoms with Gasteiger partial charge in [-0.15, -0.1) is 11.3 Å². The fraction of sp³-hybridized carbons (Fsp3) is 0.636. The molecule has 76 valence electrons. The molecule has 0 spiro atoms. The number of ether oxygens (including phenoxy) is 1. The minimum Gasteiger partial charge on any atom is -0.479 e. The summed E-state index contributed by atoms with van der Waals surface area (Å²) in [7, 11) is 0. The summed E-state index contributed by atoms with van der Waals surface area (Å²) in [6, 6.07) is 2.26. The van der Waals surface area contributed by atoms with E-state index in [4.69, 9.17) is 4.74 Å². The second-order valence-corrected chi connectivity index (χ2v) is 5.20. The molecule has 3 rings (SSSR count). The molecule has 2 aliphatic rings. The average molecular weight is 209 g/mol. The van der Waals surface area contributed by atoms with Gasteiger partial charge in [0.25, 0.3) is 0 Å². The van der Waals surface area contributed by atoms with Crippen LogP contribution in [0.1, 0.15) is 23.3 Å². The molecule has 0 bridgehead atoms. The van der Waals surface area contributed by atoms with Gasteiger partial charge in [0.2, 0.25) is 0 Å². The number of fused-ring (bicyclic) bond motifs is 1. The van der Waals surface area contributed by atoms with Crippen molar-refractivity contribution < 1.29 is 4.74 Å². The third-order valence-corrected chi connectivity index (χ3v) is 4.15. The fourth-order valence-electron chi connectivity index (χ4n) is 2.25. The van der Waals surface area contributed by atoms with Gasteiger partial charge in [0.15, 0.2) is 5.06 Å². The molecule has 1 aliphatic heterocycles. The SMILES string of the molecule is c1c(OC2CCNC2)sc2c1CCC2. The molecule has 1 unspecified atom stereocenters. The van der Waals surface area contributed by atoms with Crippen molar-refractivity contribution in [2.75, 3.05) is 13.1 Å². The summed E-state index contributed by atoms with van der Waals surface area (Å²) >= 11 is 1.86.